The summed E-state index contributed by atoms with van der Waals surface area (Å²) in [5, 5.41) is 11.3. The summed E-state index contributed by atoms with van der Waals surface area (Å²) in [7, 11) is 1.59. The maximum atomic E-state index is 13.5. The first kappa shape index (κ1) is 16.9. The van der Waals surface area contributed by atoms with E-state index in [0.29, 0.717) is 18.4 Å². The summed E-state index contributed by atoms with van der Waals surface area (Å²) < 4.78 is 13.5. The number of nitrogens with one attached hydrogen (secondary N) is 1. The lowest BCUT2D eigenvalue weighted by atomic mass is 10.1. The number of halogens is 1. The molecule has 0 aliphatic heterocycles. The van der Waals surface area contributed by atoms with Crippen LogP contribution in [0.3, 0.4) is 0 Å². The smallest absolute Gasteiger partial charge is 0.317 e. The van der Waals surface area contributed by atoms with E-state index in [2.05, 4.69) is 5.32 Å². The number of benzene rings is 1. The molecule has 0 saturated heterocycles. The molecule has 0 bridgehead atoms. The van der Waals surface area contributed by atoms with Gasteiger partial charge < -0.3 is 15.3 Å². The third-order valence-corrected chi connectivity index (χ3v) is 3.11. The Hall–Kier alpha value is -2.11. The molecule has 0 heterocycles. The average Bonchev–Trinajstić information content (AvgIpc) is 2.40. The third-order valence-electron chi connectivity index (χ3n) is 3.11. The van der Waals surface area contributed by atoms with E-state index in [0.717, 1.165) is 0 Å². The topological polar surface area (TPSA) is 69.6 Å². The molecule has 2 amide bonds. The first-order valence-electron chi connectivity index (χ1n) is 6.87. The normalized spacial score (nSPS) is 11.8. The minimum Gasteiger partial charge on any atom is -0.481 e. The highest BCUT2D eigenvalue weighted by molar-refractivity contribution is 5.74. The van der Waals surface area contributed by atoms with Gasteiger partial charge in [-0.3, -0.25) is 4.79 Å². The van der Waals surface area contributed by atoms with Gasteiger partial charge in [0.1, 0.15) is 5.82 Å². The number of carboxylic acids is 1. The van der Waals surface area contributed by atoms with Crippen molar-refractivity contribution in [2.75, 3.05) is 7.05 Å². The van der Waals surface area contributed by atoms with E-state index in [1.807, 2.05) is 6.92 Å². The van der Waals surface area contributed by atoms with E-state index in [4.69, 9.17) is 5.11 Å². The summed E-state index contributed by atoms with van der Waals surface area (Å²) in [6.45, 7) is 2.00. The van der Waals surface area contributed by atoms with Gasteiger partial charge >= 0.3 is 12.0 Å². The van der Waals surface area contributed by atoms with E-state index in [-0.39, 0.29) is 30.9 Å². The quantitative estimate of drug-likeness (QED) is 0.812. The number of carbonyl (C=O) groups is 2. The molecule has 0 saturated carbocycles. The van der Waals surface area contributed by atoms with Gasteiger partial charge in [-0.25, -0.2) is 9.18 Å². The van der Waals surface area contributed by atoms with Gasteiger partial charge in [0.15, 0.2) is 0 Å². The first-order chi connectivity index (χ1) is 9.90. The maximum Gasteiger partial charge on any atom is 0.317 e. The highest BCUT2D eigenvalue weighted by Gasteiger charge is 2.14. The highest BCUT2D eigenvalue weighted by Crippen LogP contribution is 2.09. The minimum absolute atomic E-state index is 0.0886. The zero-order valence-corrected chi connectivity index (χ0v) is 12.3. The second kappa shape index (κ2) is 8.24. The zero-order chi connectivity index (χ0) is 15.8. The molecule has 21 heavy (non-hydrogen) atoms. The number of aliphatic carboxylic acids is 1. The van der Waals surface area contributed by atoms with Gasteiger partial charge in [0.05, 0.1) is 0 Å². The van der Waals surface area contributed by atoms with E-state index in [1.54, 1.807) is 25.2 Å². The SMILES string of the molecule is CC(CCCC(=O)O)NC(=O)N(C)Cc1ccccc1F. The highest BCUT2D eigenvalue weighted by atomic mass is 19.1. The van der Waals surface area contributed by atoms with Crippen LogP contribution in [0.25, 0.3) is 0 Å². The molecule has 116 valence electrons. The molecule has 0 fully saturated rings. The lowest BCUT2D eigenvalue weighted by Gasteiger charge is -2.21. The fraction of sp³-hybridized carbons (Fsp3) is 0.467. The molecule has 0 aliphatic rings. The summed E-state index contributed by atoms with van der Waals surface area (Å²) in [4.78, 5) is 23.8. The summed E-state index contributed by atoms with van der Waals surface area (Å²) in [5.41, 5.74) is 0.452. The Morgan fingerprint density at radius 3 is 2.67 bits per heavy atom. The number of carboxylic acid groups (broad SMARTS) is 1. The van der Waals surface area contributed by atoms with Gasteiger partial charge in [-0.1, -0.05) is 18.2 Å². The average molecular weight is 296 g/mol. The van der Waals surface area contributed by atoms with E-state index in [1.165, 1.54) is 11.0 Å². The van der Waals surface area contributed by atoms with Crippen LogP contribution in [0.5, 0.6) is 0 Å². The van der Waals surface area contributed by atoms with Crippen LogP contribution in [0, 0.1) is 5.82 Å². The molecule has 1 atom stereocenters. The predicted octanol–water partition coefficient (Wildman–Crippen LogP) is 2.61. The van der Waals surface area contributed by atoms with Crippen molar-refractivity contribution >= 4 is 12.0 Å². The molecule has 0 spiro atoms. The van der Waals surface area contributed by atoms with Crippen LogP contribution < -0.4 is 5.32 Å². The summed E-state index contributed by atoms with van der Waals surface area (Å²) in [6, 6.07) is 5.88. The van der Waals surface area contributed by atoms with Gasteiger partial charge in [-0.15, -0.1) is 0 Å². The Morgan fingerprint density at radius 2 is 2.05 bits per heavy atom. The Bertz CT molecular complexity index is 494. The molecular formula is C15H21FN2O3. The second-order valence-electron chi connectivity index (χ2n) is 5.08. The molecule has 1 rings (SSSR count). The minimum atomic E-state index is -0.842. The standard InChI is InChI=1S/C15H21FN2O3/c1-11(6-5-9-14(19)20)17-15(21)18(2)10-12-7-3-4-8-13(12)16/h3-4,7-8,11H,5-6,9-10H2,1-2H3,(H,17,21)(H,19,20). The fourth-order valence-corrected chi connectivity index (χ4v) is 1.91. The number of hydrogen-bond acceptors (Lipinski definition) is 2. The van der Waals surface area contributed by atoms with E-state index < -0.39 is 5.97 Å². The zero-order valence-electron chi connectivity index (χ0n) is 12.3. The molecule has 1 aromatic carbocycles. The monoisotopic (exact) mass is 296 g/mol. The van der Waals surface area contributed by atoms with Crippen molar-refractivity contribution in [3.8, 4) is 0 Å². The fourth-order valence-electron chi connectivity index (χ4n) is 1.91. The molecule has 0 radical (unpaired) electrons. The van der Waals surface area contributed by atoms with Gasteiger partial charge in [-0.2, -0.15) is 0 Å². The van der Waals surface area contributed by atoms with E-state index >= 15 is 0 Å². The van der Waals surface area contributed by atoms with Crippen LogP contribution >= 0.6 is 0 Å². The van der Waals surface area contributed by atoms with Crippen LogP contribution in [0.2, 0.25) is 0 Å². The van der Waals surface area contributed by atoms with E-state index in [9.17, 15) is 14.0 Å². The summed E-state index contributed by atoms with van der Waals surface area (Å²) >= 11 is 0. The Kier molecular flexibility index (Phi) is 6.65. The molecule has 1 unspecified atom stereocenters. The summed E-state index contributed by atoms with van der Waals surface area (Å²) in [6.07, 6.45) is 1.19. The second-order valence-corrected chi connectivity index (χ2v) is 5.08. The Morgan fingerprint density at radius 1 is 1.38 bits per heavy atom. The number of nitrogens with zero attached hydrogens (tertiary/aromatic N) is 1. The maximum absolute atomic E-state index is 13.5. The Balaban J connectivity index is 2.40. The van der Waals surface area contributed by atoms with Crippen molar-refractivity contribution in [1.29, 1.82) is 0 Å². The third kappa shape index (κ3) is 6.25. The lowest BCUT2D eigenvalue weighted by Crippen LogP contribution is -2.41. The lowest BCUT2D eigenvalue weighted by molar-refractivity contribution is -0.137. The van der Waals surface area contributed by atoms with Crippen molar-refractivity contribution in [2.45, 2.75) is 38.8 Å². The van der Waals surface area contributed by atoms with Gasteiger partial charge in [0.2, 0.25) is 0 Å². The van der Waals surface area contributed by atoms with Crippen LogP contribution in [0.15, 0.2) is 24.3 Å². The molecular weight excluding hydrogens is 275 g/mol. The van der Waals surface area contributed by atoms with Gasteiger partial charge in [-0.05, 0) is 25.8 Å². The predicted molar refractivity (Wildman–Crippen MR) is 77.3 cm³/mol. The number of amides is 2. The summed E-state index contributed by atoms with van der Waals surface area (Å²) in [5.74, 6) is -1.18. The van der Waals surface area contributed by atoms with Crippen LogP contribution in [0.4, 0.5) is 9.18 Å². The van der Waals surface area contributed by atoms with Crippen LogP contribution in [-0.2, 0) is 11.3 Å². The number of hydrogen-bond donors (Lipinski definition) is 2. The molecule has 5 nitrogen and oxygen atoms in total. The van der Waals surface area contributed by atoms with Crippen LogP contribution in [0.1, 0.15) is 31.7 Å². The van der Waals surface area contributed by atoms with Gasteiger partial charge in [0.25, 0.3) is 0 Å². The molecule has 2 N–H and O–H groups in total. The van der Waals surface area contributed by atoms with Crippen molar-refractivity contribution in [1.82, 2.24) is 10.2 Å². The number of rotatable bonds is 7. The molecule has 6 heteroatoms. The van der Waals surface area contributed by atoms with Gasteiger partial charge in [0, 0.05) is 31.6 Å². The van der Waals surface area contributed by atoms with Crippen molar-refractivity contribution < 1.29 is 19.1 Å². The largest absolute Gasteiger partial charge is 0.481 e. The number of urea groups is 1. The molecule has 1 aromatic rings. The van der Waals surface area contributed by atoms with Crippen molar-refractivity contribution in [3.63, 3.8) is 0 Å². The molecule has 0 aromatic heterocycles. The van der Waals surface area contributed by atoms with Crippen LogP contribution in [-0.4, -0.2) is 35.1 Å². The van der Waals surface area contributed by atoms with Crippen molar-refractivity contribution in [3.05, 3.63) is 35.6 Å². The number of carbonyl (C=O) groups excluding carboxylic acids is 1. The Labute approximate surface area is 123 Å². The first-order valence-corrected chi connectivity index (χ1v) is 6.87. The van der Waals surface area contributed by atoms with Crippen molar-refractivity contribution in [2.24, 2.45) is 0 Å². The molecule has 0 aliphatic carbocycles.